The van der Waals surface area contributed by atoms with Gasteiger partial charge in [-0.3, -0.25) is 8.77 Å². The molecular formula is C13H14Br2FNOS. The highest BCUT2D eigenvalue weighted by Crippen LogP contribution is 2.34. The van der Waals surface area contributed by atoms with E-state index in [1.54, 1.807) is 12.3 Å². The van der Waals surface area contributed by atoms with Crippen molar-refractivity contribution in [3.8, 4) is 0 Å². The van der Waals surface area contributed by atoms with Crippen LogP contribution in [0.25, 0.3) is 10.9 Å². The Labute approximate surface area is 133 Å². The third kappa shape index (κ3) is 3.23. The van der Waals surface area contributed by atoms with Crippen molar-refractivity contribution in [1.82, 2.24) is 3.97 Å². The third-order valence-electron chi connectivity index (χ3n) is 2.55. The Morgan fingerprint density at radius 1 is 1.42 bits per heavy atom. The Hall–Kier alpha value is -0.330. The number of benzene rings is 1. The van der Waals surface area contributed by atoms with Crippen molar-refractivity contribution >= 4 is 60.9 Å². The Kier molecular flexibility index (Phi) is 6.56. The number of alkyl halides is 1. The maximum Gasteiger partial charge on any atom is 0.175 e. The molecule has 1 aromatic carbocycles. The van der Waals surface area contributed by atoms with Crippen molar-refractivity contribution in [2.24, 2.45) is 0 Å². The van der Waals surface area contributed by atoms with E-state index >= 15 is 0 Å². The molecular weight excluding hydrogens is 397 g/mol. The van der Waals surface area contributed by atoms with Crippen LogP contribution in [0.1, 0.15) is 29.8 Å². The van der Waals surface area contributed by atoms with E-state index in [1.165, 1.54) is 3.97 Å². The van der Waals surface area contributed by atoms with Crippen LogP contribution in [0.5, 0.6) is 0 Å². The van der Waals surface area contributed by atoms with Crippen molar-refractivity contribution in [1.29, 1.82) is 0 Å². The molecule has 2 nitrogen and oxygen atoms in total. The van der Waals surface area contributed by atoms with Gasteiger partial charge in [0.2, 0.25) is 0 Å². The van der Waals surface area contributed by atoms with Crippen LogP contribution in [0.15, 0.2) is 22.8 Å². The highest BCUT2D eigenvalue weighted by atomic mass is 79.9. The second-order valence-electron chi connectivity index (χ2n) is 3.58. The minimum atomic E-state index is -0.0594. The van der Waals surface area contributed by atoms with Gasteiger partial charge < -0.3 is 0 Å². The molecule has 0 bridgehead atoms. The predicted octanol–water partition coefficient (Wildman–Crippen LogP) is 5.70. The summed E-state index contributed by atoms with van der Waals surface area (Å²) in [6.45, 7) is 5.89. The van der Waals surface area contributed by atoms with Gasteiger partial charge in [0.25, 0.3) is 0 Å². The molecule has 0 atom stereocenters. The zero-order valence-electron chi connectivity index (χ0n) is 10.8. The van der Waals surface area contributed by atoms with Gasteiger partial charge in [0.05, 0.1) is 10.8 Å². The molecule has 0 spiro atoms. The van der Waals surface area contributed by atoms with Crippen LogP contribution in [-0.4, -0.2) is 15.1 Å². The zero-order chi connectivity index (χ0) is 14.6. The molecule has 0 unspecified atom stereocenters. The number of halogens is 3. The van der Waals surface area contributed by atoms with Crippen LogP contribution in [0, 0.1) is 6.92 Å². The van der Waals surface area contributed by atoms with Gasteiger partial charge in [0.15, 0.2) is 18.1 Å². The van der Waals surface area contributed by atoms with Crippen molar-refractivity contribution in [3.05, 3.63) is 33.9 Å². The summed E-state index contributed by atoms with van der Waals surface area (Å²) in [6, 6.07) is 3.53. The molecule has 0 aliphatic carbocycles. The fourth-order valence-electron chi connectivity index (χ4n) is 1.83. The largest absolute Gasteiger partial charge is 0.293 e. The third-order valence-corrected chi connectivity index (χ3v) is 4.16. The monoisotopic (exact) mass is 409 g/mol. The van der Waals surface area contributed by atoms with E-state index in [0.717, 1.165) is 15.4 Å². The van der Waals surface area contributed by atoms with Crippen LogP contribution in [0.2, 0.25) is 0 Å². The lowest BCUT2D eigenvalue weighted by Crippen LogP contribution is -2.02. The maximum atomic E-state index is 12.9. The quantitative estimate of drug-likeness (QED) is 0.478. The SMILES string of the molecule is CC.Cc1cn(SF)c2c(C(=O)CBr)ccc(Br)c12. The molecule has 104 valence electrons. The van der Waals surface area contributed by atoms with Gasteiger partial charge in [-0.1, -0.05) is 45.7 Å². The van der Waals surface area contributed by atoms with E-state index < -0.39 is 0 Å². The van der Waals surface area contributed by atoms with Crippen molar-refractivity contribution in [2.45, 2.75) is 20.8 Å². The summed E-state index contributed by atoms with van der Waals surface area (Å²) < 4.78 is 15.1. The predicted molar refractivity (Wildman–Crippen MR) is 87.9 cm³/mol. The standard InChI is InChI=1S/C11H8Br2FNOS.C2H6/c1-6-5-15(17-14)11-7(9(16)4-12)2-3-8(13)10(6)11;1-2/h2-3,5H,4H2,1H3;1-2H3. The number of Topliss-reactive ketones (excluding diaryl/α,β-unsaturated/α-hetero) is 1. The van der Waals surface area contributed by atoms with E-state index in [4.69, 9.17) is 0 Å². The molecule has 1 aromatic heterocycles. The maximum absolute atomic E-state index is 12.9. The molecule has 0 amide bonds. The lowest BCUT2D eigenvalue weighted by Gasteiger charge is -2.05. The number of rotatable bonds is 3. The summed E-state index contributed by atoms with van der Waals surface area (Å²) in [5.41, 5.74) is 2.08. The van der Waals surface area contributed by atoms with Gasteiger partial charge in [0.1, 0.15) is 0 Å². The average molecular weight is 411 g/mol. The van der Waals surface area contributed by atoms with Gasteiger partial charge in [-0.15, -0.1) is 3.89 Å². The molecule has 0 N–H and O–H groups in total. The Morgan fingerprint density at radius 3 is 2.58 bits per heavy atom. The molecule has 0 aliphatic rings. The molecule has 0 saturated carbocycles. The number of aryl methyl sites for hydroxylation is 1. The number of nitrogens with zero attached hydrogens (tertiary/aromatic N) is 1. The second-order valence-corrected chi connectivity index (χ2v) is 5.53. The van der Waals surface area contributed by atoms with Crippen LogP contribution >= 0.6 is 44.2 Å². The minimum absolute atomic E-state index is 0.0594. The molecule has 0 saturated heterocycles. The summed E-state index contributed by atoms with van der Waals surface area (Å²) in [7, 11) is 0. The average Bonchev–Trinajstić information content (AvgIpc) is 2.79. The molecule has 6 heteroatoms. The van der Waals surface area contributed by atoms with E-state index in [0.29, 0.717) is 11.1 Å². The Morgan fingerprint density at radius 2 is 2.05 bits per heavy atom. The fraction of sp³-hybridized carbons (Fsp3) is 0.308. The zero-order valence-corrected chi connectivity index (χ0v) is 14.8. The molecule has 2 aromatic rings. The highest BCUT2D eigenvalue weighted by Gasteiger charge is 2.17. The summed E-state index contributed by atoms with van der Waals surface area (Å²) in [5.74, 6) is -0.0594. The first-order chi connectivity index (χ1) is 9.10. The number of hydrogen-bond donors (Lipinski definition) is 0. The summed E-state index contributed by atoms with van der Waals surface area (Å²) in [4.78, 5) is 11.8. The number of carbonyl (C=O) groups excluding carboxylic acids is 1. The lowest BCUT2D eigenvalue weighted by atomic mass is 10.1. The van der Waals surface area contributed by atoms with Crippen LogP contribution in [0.4, 0.5) is 3.89 Å². The first kappa shape index (κ1) is 16.7. The Bertz CT molecular complexity index is 598. The van der Waals surface area contributed by atoms with Gasteiger partial charge in [-0.25, -0.2) is 0 Å². The molecule has 0 radical (unpaired) electrons. The van der Waals surface area contributed by atoms with Crippen molar-refractivity contribution in [2.75, 3.05) is 5.33 Å². The lowest BCUT2D eigenvalue weighted by molar-refractivity contribution is 0.102. The summed E-state index contributed by atoms with van der Waals surface area (Å²) >= 11 is 6.66. The van der Waals surface area contributed by atoms with Crippen LogP contribution in [0.3, 0.4) is 0 Å². The molecule has 19 heavy (non-hydrogen) atoms. The van der Waals surface area contributed by atoms with Crippen LogP contribution < -0.4 is 0 Å². The number of aromatic nitrogens is 1. The number of ketones is 1. The van der Waals surface area contributed by atoms with Gasteiger partial charge in [0, 0.05) is 21.6 Å². The van der Waals surface area contributed by atoms with Crippen LogP contribution in [-0.2, 0) is 0 Å². The van der Waals surface area contributed by atoms with Gasteiger partial charge in [-0.05, 0) is 24.6 Å². The minimum Gasteiger partial charge on any atom is -0.293 e. The highest BCUT2D eigenvalue weighted by molar-refractivity contribution is 9.10. The summed E-state index contributed by atoms with van der Waals surface area (Å²) in [5, 5.41) is 1.10. The van der Waals surface area contributed by atoms with E-state index in [2.05, 4.69) is 31.9 Å². The molecule has 0 fully saturated rings. The fourth-order valence-corrected chi connectivity index (χ4v) is 3.22. The second kappa shape index (κ2) is 7.45. The smallest absolute Gasteiger partial charge is 0.175 e. The molecule has 1 heterocycles. The van der Waals surface area contributed by atoms with E-state index in [9.17, 15) is 8.68 Å². The molecule has 2 rings (SSSR count). The van der Waals surface area contributed by atoms with E-state index in [-0.39, 0.29) is 23.4 Å². The van der Waals surface area contributed by atoms with E-state index in [1.807, 2.05) is 26.8 Å². The van der Waals surface area contributed by atoms with Gasteiger partial charge >= 0.3 is 0 Å². The number of carbonyl (C=O) groups is 1. The summed E-state index contributed by atoms with van der Waals surface area (Å²) in [6.07, 6.45) is 1.69. The molecule has 0 aliphatic heterocycles. The van der Waals surface area contributed by atoms with Crippen molar-refractivity contribution < 1.29 is 8.68 Å². The van der Waals surface area contributed by atoms with Gasteiger partial charge in [-0.2, -0.15) is 0 Å². The Balaban J connectivity index is 0.000000861. The number of hydrogen-bond acceptors (Lipinski definition) is 2. The first-order valence-corrected chi connectivity index (χ1v) is 8.37. The topological polar surface area (TPSA) is 22.0 Å². The normalized spacial score (nSPS) is 10.2. The van der Waals surface area contributed by atoms with Crippen molar-refractivity contribution in [3.63, 3.8) is 0 Å². The number of fused-ring (bicyclic) bond motifs is 1. The first-order valence-electron chi connectivity index (χ1n) is 5.78.